The van der Waals surface area contributed by atoms with E-state index in [9.17, 15) is 4.79 Å². The minimum atomic E-state index is -0.310. The summed E-state index contributed by atoms with van der Waals surface area (Å²) in [5.74, 6) is 0.111. The van der Waals surface area contributed by atoms with Crippen LogP contribution in [0.3, 0.4) is 0 Å². The molecular weight excluding hydrogens is 321 g/mol. The third-order valence-electron chi connectivity index (χ3n) is 3.05. The number of anilines is 1. The molecule has 3 rings (SSSR count). The van der Waals surface area contributed by atoms with Crippen molar-refractivity contribution in [3.8, 4) is 5.69 Å². The summed E-state index contributed by atoms with van der Waals surface area (Å²) in [7, 11) is 0. The number of carbonyl (C=O) groups excluding carboxylic acids is 1. The van der Waals surface area contributed by atoms with Crippen molar-refractivity contribution in [3.63, 3.8) is 0 Å². The number of para-hydroxylation sites is 1. The van der Waals surface area contributed by atoms with Crippen LogP contribution in [0.25, 0.3) is 5.69 Å². The zero-order valence-corrected chi connectivity index (χ0v) is 12.8. The van der Waals surface area contributed by atoms with E-state index in [0.29, 0.717) is 21.4 Å². The van der Waals surface area contributed by atoms with Crippen molar-refractivity contribution in [2.24, 2.45) is 0 Å². The molecule has 1 aromatic heterocycles. The molecule has 2 aromatic carbocycles. The van der Waals surface area contributed by atoms with Crippen LogP contribution in [0.2, 0.25) is 10.0 Å². The van der Waals surface area contributed by atoms with Gasteiger partial charge in [-0.1, -0.05) is 47.5 Å². The van der Waals surface area contributed by atoms with Crippen LogP contribution in [0.1, 0.15) is 10.4 Å². The molecule has 0 aliphatic heterocycles. The molecule has 110 valence electrons. The van der Waals surface area contributed by atoms with Crippen LogP contribution < -0.4 is 5.32 Å². The second kappa shape index (κ2) is 6.22. The van der Waals surface area contributed by atoms with Crippen molar-refractivity contribution in [3.05, 3.63) is 76.4 Å². The van der Waals surface area contributed by atoms with Gasteiger partial charge in [0.05, 0.1) is 21.3 Å². The van der Waals surface area contributed by atoms with Crippen LogP contribution in [0.4, 0.5) is 5.82 Å². The highest BCUT2D eigenvalue weighted by atomic mass is 35.5. The maximum atomic E-state index is 12.2. The Morgan fingerprint density at radius 1 is 0.955 bits per heavy atom. The van der Waals surface area contributed by atoms with E-state index in [4.69, 9.17) is 23.2 Å². The van der Waals surface area contributed by atoms with Gasteiger partial charge in [0.2, 0.25) is 0 Å². The van der Waals surface area contributed by atoms with Gasteiger partial charge in [0.25, 0.3) is 5.91 Å². The van der Waals surface area contributed by atoms with Crippen molar-refractivity contribution >= 4 is 34.9 Å². The van der Waals surface area contributed by atoms with Crippen molar-refractivity contribution in [1.82, 2.24) is 9.78 Å². The first-order valence-corrected chi connectivity index (χ1v) is 7.27. The Labute approximate surface area is 137 Å². The molecule has 1 N–H and O–H groups in total. The predicted octanol–water partition coefficient (Wildman–Crippen LogP) is 4.43. The Morgan fingerprint density at radius 2 is 1.64 bits per heavy atom. The minimum Gasteiger partial charge on any atom is -0.305 e. The second-order valence-corrected chi connectivity index (χ2v) is 5.35. The Bertz CT molecular complexity index is 830. The van der Waals surface area contributed by atoms with E-state index < -0.39 is 0 Å². The molecule has 0 saturated heterocycles. The zero-order chi connectivity index (χ0) is 15.5. The highest BCUT2D eigenvalue weighted by Crippen LogP contribution is 2.21. The summed E-state index contributed by atoms with van der Waals surface area (Å²) in [6.45, 7) is 0. The Kier molecular flexibility index (Phi) is 4.13. The fourth-order valence-corrected chi connectivity index (χ4v) is 2.44. The first-order valence-electron chi connectivity index (χ1n) is 6.51. The first kappa shape index (κ1) is 14.6. The molecular formula is C16H11Cl2N3O. The number of amides is 1. The lowest BCUT2D eigenvalue weighted by Gasteiger charge is -2.05. The quantitative estimate of drug-likeness (QED) is 0.771. The number of benzene rings is 2. The molecule has 6 heteroatoms. The second-order valence-electron chi connectivity index (χ2n) is 4.53. The smallest absolute Gasteiger partial charge is 0.258 e. The van der Waals surface area contributed by atoms with Crippen molar-refractivity contribution in [2.75, 3.05) is 5.32 Å². The van der Waals surface area contributed by atoms with Crippen molar-refractivity contribution < 1.29 is 4.79 Å². The fourth-order valence-electron chi connectivity index (χ4n) is 1.99. The number of halogens is 2. The Balaban J connectivity index is 1.82. The number of hydrogen-bond donors (Lipinski definition) is 1. The van der Waals surface area contributed by atoms with Gasteiger partial charge in [-0.05, 0) is 24.3 Å². The van der Waals surface area contributed by atoms with Crippen LogP contribution in [0.5, 0.6) is 0 Å². The lowest BCUT2D eigenvalue weighted by molar-refractivity contribution is 0.102. The number of rotatable bonds is 3. The first-order chi connectivity index (χ1) is 10.6. The van der Waals surface area contributed by atoms with E-state index in [-0.39, 0.29) is 5.91 Å². The standard InChI is InChI=1S/C16H11Cl2N3O/c17-12-6-2-1-5-11(12)16(22)19-15-9-10-21(20-15)14-8-4-3-7-13(14)18/h1-10H,(H,19,20,22). The molecule has 0 radical (unpaired) electrons. The molecule has 0 bridgehead atoms. The SMILES string of the molecule is O=C(Nc1ccn(-c2ccccc2Cl)n1)c1ccccc1Cl. The molecule has 0 aliphatic rings. The van der Waals surface area contributed by atoms with Gasteiger partial charge in [-0.25, -0.2) is 4.68 Å². The fraction of sp³-hybridized carbons (Fsp3) is 0. The molecule has 1 heterocycles. The van der Waals surface area contributed by atoms with E-state index in [1.165, 1.54) is 0 Å². The van der Waals surface area contributed by atoms with Crippen LogP contribution in [-0.2, 0) is 0 Å². The van der Waals surface area contributed by atoms with Gasteiger partial charge in [0, 0.05) is 12.3 Å². The lowest BCUT2D eigenvalue weighted by Crippen LogP contribution is -2.13. The van der Waals surface area contributed by atoms with Gasteiger partial charge in [-0.15, -0.1) is 5.10 Å². The van der Waals surface area contributed by atoms with Gasteiger partial charge in [0.15, 0.2) is 5.82 Å². The number of hydrogen-bond acceptors (Lipinski definition) is 2. The van der Waals surface area contributed by atoms with Crippen LogP contribution in [0.15, 0.2) is 60.8 Å². The van der Waals surface area contributed by atoms with E-state index >= 15 is 0 Å². The maximum absolute atomic E-state index is 12.2. The van der Waals surface area contributed by atoms with Gasteiger partial charge in [0.1, 0.15) is 0 Å². The van der Waals surface area contributed by atoms with Gasteiger partial charge < -0.3 is 5.32 Å². The molecule has 4 nitrogen and oxygen atoms in total. The largest absolute Gasteiger partial charge is 0.305 e. The summed E-state index contributed by atoms with van der Waals surface area (Å²) in [6, 6.07) is 15.9. The minimum absolute atomic E-state index is 0.310. The average molecular weight is 332 g/mol. The summed E-state index contributed by atoms with van der Waals surface area (Å²) >= 11 is 12.1. The number of nitrogens with one attached hydrogen (secondary N) is 1. The maximum Gasteiger partial charge on any atom is 0.258 e. The Morgan fingerprint density at radius 3 is 2.36 bits per heavy atom. The van der Waals surface area contributed by atoms with Crippen LogP contribution in [0, 0.1) is 0 Å². The number of aromatic nitrogens is 2. The topological polar surface area (TPSA) is 46.9 Å². The predicted molar refractivity (Wildman–Crippen MR) is 88.0 cm³/mol. The third-order valence-corrected chi connectivity index (χ3v) is 3.70. The molecule has 1 amide bonds. The van der Waals surface area contributed by atoms with E-state index in [1.54, 1.807) is 47.3 Å². The summed E-state index contributed by atoms with van der Waals surface area (Å²) in [6.07, 6.45) is 1.73. The average Bonchev–Trinajstić information content (AvgIpc) is 2.96. The van der Waals surface area contributed by atoms with Crippen LogP contribution in [-0.4, -0.2) is 15.7 Å². The van der Waals surface area contributed by atoms with Crippen molar-refractivity contribution in [2.45, 2.75) is 0 Å². The summed E-state index contributed by atoms with van der Waals surface area (Å²) in [5.41, 5.74) is 1.14. The molecule has 22 heavy (non-hydrogen) atoms. The highest BCUT2D eigenvalue weighted by Gasteiger charge is 2.12. The molecule has 0 atom stereocenters. The molecule has 0 aliphatic carbocycles. The molecule has 0 unspecified atom stereocenters. The summed E-state index contributed by atoms with van der Waals surface area (Å²) < 4.78 is 1.60. The van der Waals surface area contributed by atoms with Crippen LogP contribution >= 0.6 is 23.2 Å². The van der Waals surface area contributed by atoms with E-state index in [0.717, 1.165) is 5.69 Å². The molecule has 3 aromatic rings. The summed E-state index contributed by atoms with van der Waals surface area (Å²) in [5, 5.41) is 7.98. The zero-order valence-electron chi connectivity index (χ0n) is 11.3. The Hall–Kier alpha value is -2.30. The molecule has 0 fully saturated rings. The summed E-state index contributed by atoms with van der Waals surface area (Å²) in [4.78, 5) is 12.2. The lowest BCUT2D eigenvalue weighted by atomic mass is 10.2. The van der Waals surface area contributed by atoms with Crippen molar-refractivity contribution in [1.29, 1.82) is 0 Å². The highest BCUT2D eigenvalue weighted by molar-refractivity contribution is 6.34. The normalized spacial score (nSPS) is 10.5. The van der Waals surface area contributed by atoms with E-state index in [1.807, 2.05) is 18.2 Å². The van der Waals surface area contributed by atoms with Gasteiger partial charge in [-0.3, -0.25) is 4.79 Å². The monoisotopic (exact) mass is 331 g/mol. The van der Waals surface area contributed by atoms with E-state index in [2.05, 4.69) is 10.4 Å². The van der Waals surface area contributed by atoms with Gasteiger partial charge in [-0.2, -0.15) is 0 Å². The molecule has 0 spiro atoms. The van der Waals surface area contributed by atoms with Gasteiger partial charge >= 0.3 is 0 Å². The molecule has 0 saturated carbocycles. The third kappa shape index (κ3) is 2.98. The number of carbonyl (C=O) groups is 1. The number of nitrogens with zero attached hydrogens (tertiary/aromatic N) is 2.